The molecule has 0 atom stereocenters. The van der Waals surface area contributed by atoms with Crippen molar-refractivity contribution in [2.24, 2.45) is 0 Å². The van der Waals surface area contributed by atoms with Gasteiger partial charge < -0.3 is 4.74 Å². The number of unbranched alkanes of at least 4 members (excludes halogenated alkanes) is 4. The number of halogens is 1. The van der Waals surface area contributed by atoms with Gasteiger partial charge in [-0.3, -0.25) is 0 Å². The van der Waals surface area contributed by atoms with Gasteiger partial charge in [0, 0.05) is 17.3 Å². The molecule has 86 valence electrons. The lowest BCUT2D eigenvalue weighted by Gasteiger charge is -2.02. The summed E-state index contributed by atoms with van der Waals surface area (Å²) in [6.07, 6.45) is 5.87. The standard InChI is InChI=1S/C9H19ClO3S/c1-2-3-4-5-6-7-13-8-9-14(10,11)12/h2-9H2,1H3. The van der Waals surface area contributed by atoms with Gasteiger partial charge in [0.25, 0.3) is 0 Å². The lowest BCUT2D eigenvalue weighted by atomic mass is 10.2. The molecule has 0 radical (unpaired) electrons. The molecule has 0 aromatic heterocycles. The lowest BCUT2D eigenvalue weighted by molar-refractivity contribution is 0.144. The molecule has 0 fully saturated rings. The van der Waals surface area contributed by atoms with Gasteiger partial charge in [-0.05, 0) is 6.42 Å². The molecule has 0 aromatic rings. The van der Waals surface area contributed by atoms with E-state index >= 15 is 0 Å². The maximum atomic E-state index is 10.5. The van der Waals surface area contributed by atoms with Crippen molar-refractivity contribution in [2.45, 2.75) is 39.0 Å². The van der Waals surface area contributed by atoms with Crippen molar-refractivity contribution in [3.63, 3.8) is 0 Å². The Bertz CT molecular complexity index is 214. The number of rotatable bonds is 9. The molecular formula is C9H19ClO3S. The summed E-state index contributed by atoms with van der Waals surface area (Å²) in [6.45, 7) is 3.01. The third kappa shape index (κ3) is 12.2. The van der Waals surface area contributed by atoms with Crippen LogP contribution in [0.4, 0.5) is 0 Å². The van der Waals surface area contributed by atoms with E-state index < -0.39 is 9.05 Å². The van der Waals surface area contributed by atoms with Gasteiger partial charge in [0.2, 0.25) is 9.05 Å². The second-order valence-electron chi connectivity index (χ2n) is 3.27. The van der Waals surface area contributed by atoms with E-state index in [1.165, 1.54) is 19.3 Å². The van der Waals surface area contributed by atoms with Gasteiger partial charge in [0.1, 0.15) is 0 Å². The zero-order valence-corrected chi connectivity index (χ0v) is 10.2. The van der Waals surface area contributed by atoms with Crippen molar-refractivity contribution in [2.75, 3.05) is 19.0 Å². The molecular weight excluding hydrogens is 224 g/mol. The van der Waals surface area contributed by atoms with Crippen LogP contribution in [-0.2, 0) is 13.8 Å². The van der Waals surface area contributed by atoms with E-state index in [2.05, 4.69) is 6.92 Å². The fraction of sp³-hybridized carbons (Fsp3) is 1.00. The highest BCUT2D eigenvalue weighted by Crippen LogP contribution is 2.02. The fourth-order valence-corrected chi connectivity index (χ4v) is 1.57. The smallest absolute Gasteiger partial charge is 0.234 e. The normalized spacial score (nSPS) is 11.9. The molecule has 0 aliphatic carbocycles. The molecule has 0 rings (SSSR count). The molecule has 0 aliphatic rings. The Kier molecular flexibility index (Phi) is 8.63. The number of hydrogen-bond donors (Lipinski definition) is 0. The van der Waals surface area contributed by atoms with Crippen molar-refractivity contribution in [3.8, 4) is 0 Å². The maximum absolute atomic E-state index is 10.5. The minimum atomic E-state index is -3.38. The van der Waals surface area contributed by atoms with Crippen LogP contribution in [0.25, 0.3) is 0 Å². The molecule has 0 aliphatic heterocycles. The fourth-order valence-electron chi connectivity index (χ4n) is 1.07. The van der Waals surface area contributed by atoms with Gasteiger partial charge >= 0.3 is 0 Å². The first-order chi connectivity index (χ1) is 6.56. The summed E-state index contributed by atoms with van der Waals surface area (Å²) in [5.74, 6) is -0.0937. The van der Waals surface area contributed by atoms with Crippen molar-refractivity contribution >= 4 is 19.7 Å². The number of ether oxygens (including phenoxy) is 1. The molecule has 0 spiro atoms. The van der Waals surface area contributed by atoms with E-state index in [9.17, 15) is 8.42 Å². The van der Waals surface area contributed by atoms with E-state index in [0.717, 1.165) is 12.8 Å². The van der Waals surface area contributed by atoms with Crippen LogP contribution in [0.5, 0.6) is 0 Å². The second-order valence-corrected chi connectivity index (χ2v) is 6.17. The molecule has 0 saturated heterocycles. The molecule has 0 N–H and O–H groups in total. The van der Waals surface area contributed by atoms with Crippen molar-refractivity contribution < 1.29 is 13.2 Å². The van der Waals surface area contributed by atoms with Gasteiger partial charge in [-0.2, -0.15) is 0 Å². The zero-order chi connectivity index (χ0) is 10.9. The quantitative estimate of drug-likeness (QED) is 0.461. The third-order valence-electron chi connectivity index (χ3n) is 1.86. The summed E-state index contributed by atoms with van der Waals surface area (Å²) in [5, 5.41) is 0. The third-order valence-corrected chi connectivity index (χ3v) is 2.98. The average molecular weight is 243 g/mol. The second kappa shape index (κ2) is 8.50. The molecule has 0 amide bonds. The first-order valence-corrected chi connectivity index (χ1v) is 7.54. The van der Waals surface area contributed by atoms with Gasteiger partial charge in [-0.25, -0.2) is 8.42 Å². The predicted octanol–water partition coefficient (Wildman–Crippen LogP) is 2.54. The molecule has 14 heavy (non-hydrogen) atoms. The molecule has 0 aromatic carbocycles. The SMILES string of the molecule is CCCCCCCOCCS(=O)(=O)Cl. The van der Waals surface area contributed by atoms with Crippen molar-refractivity contribution in [1.82, 2.24) is 0 Å². The molecule has 0 saturated carbocycles. The summed E-state index contributed by atoms with van der Waals surface area (Å²) in [5.41, 5.74) is 0. The molecule has 5 heteroatoms. The van der Waals surface area contributed by atoms with E-state index in [1.54, 1.807) is 0 Å². The highest BCUT2D eigenvalue weighted by molar-refractivity contribution is 8.13. The Hall–Kier alpha value is 0.200. The van der Waals surface area contributed by atoms with Crippen molar-refractivity contribution in [3.05, 3.63) is 0 Å². The van der Waals surface area contributed by atoms with E-state index in [-0.39, 0.29) is 12.4 Å². The minimum Gasteiger partial charge on any atom is -0.380 e. The first-order valence-electron chi connectivity index (χ1n) is 5.06. The Morgan fingerprint density at radius 3 is 2.29 bits per heavy atom. The van der Waals surface area contributed by atoms with Crippen molar-refractivity contribution in [1.29, 1.82) is 0 Å². The highest BCUT2D eigenvalue weighted by atomic mass is 35.7. The van der Waals surface area contributed by atoms with Crippen LogP contribution >= 0.6 is 10.7 Å². The first kappa shape index (κ1) is 14.2. The molecule has 3 nitrogen and oxygen atoms in total. The molecule has 0 bridgehead atoms. The van der Waals surface area contributed by atoms with E-state index in [0.29, 0.717) is 6.61 Å². The summed E-state index contributed by atoms with van der Waals surface area (Å²) in [4.78, 5) is 0. The summed E-state index contributed by atoms with van der Waals surface area (Å²) in [7, 11) is 1.63. The monoisotopic (exact) mass is 242 g/mol. The average Bonchev–Trinajstić information content (AvgIpc) is 2.08. The van der Waals surface area contributed by atoms with E-state index in [1.807, 2.05) is 0 Å². The van der Waals surface area contributed by atoms with Crippen LogP contribution in [0, 0.1) is 0 Å². The van der Waals surface area contributed by atoms with Gasteiger partial charge in [0.05, 0.1) is 12.4 Å². The Labute approximate surface area is 91.2 Å². The predicted molar refractivity (Wildman–Crippen MR) is 59.2 cm³/mol. The van der Waals surface area contributed by atoms with Gasteiger partial charge in [0.15, 0.2) is 0 Å². The Morgan fingerprint density at radius 1 is 1.07 bits per heavy atom. The van der Waals surface area contributed by atoms with Gasteiger partial charge in [-0.1, -0.05) is 32.6 Å². The lowest BCUT2D eigenvalue weighted by Crippen LogP contribution is -2.07. The number of hydrogen-bond acceptors (Lipinski definition) is 3. The summed E-state index contributed by atoms with van der Waals surface area (Å²) in [6, 6.07) is 0. The van der Waals surface area contributed by atoms with Crippen LogP contribution < -0.4 is 0 Å². The summed E-state index contributed by atoms with van der Waals surface area (Å²) >= 11 is 0. The zero-order valence-electron chi connectivity index (χ0n) is 8.67. The maximum Gasteiger partial charge on any atom is 0.234 e. The largest absolute Gasteiger partial charge is 0.380 e. The topological polar surface area (TPSA) is 43.4 Å². The van der Waals surface area contributed by atoms with Crippen LogP contribution in [-0.4, -0.2) is 27.4 Å². The minimum absolute atomic E-state index is 0.0937. The van der Waals surface area contributed by atoms with Crippen LogP contribution in [0.2, 0.25) is 0 Å². The highest BCUT2D eigenvalue weighted by Gasteiger charge is 2.03. The Balaban J connectivity index is 3.07. The Morgan fingerprint density at radius 2 is 1.71 bits per heavy atom. The summed E-state index contributed by atoms with van der Waals surface area (Å²) < 4.78 is 26.1. The van der Waals surface area contributed by atoms with Gasteiger partial charge in [-0.15, -0.1) is 0 Å². The molecule has 0 heterocycles. The van der Waals surface area contributed by atoms with Crippen LogP contribution in [0.3, 0.4) is 0 Å². The molecule has 0 unspecified atom stereocenters. The van der Waals surface area contributed by atoms with Crippen LogP contribution in [0.1, 0.15) is 39.0 Å². The van der Waals surface area contributed by atoms with E-state index in [4.69, 9.17) is 15.4 Å². The van der Waals surface area contributed by atoms with Crippen LogP contribution in [0.15, 0.2) is 0 Å².